The van der Waals surface area contributed by atoms with Gasteiger partial charge in [-0.3, -0.25) is 0 Å². The highest BCUT2D eigenvalue weighted by molar-refractivity contribution is 7.89. The van der Waals surface area contributed by atoms with Crippen LogP contribution in [0.1, 0.15) is 22.3 Å². The first-order chi connectivity index (χ1) is 14.2. The van der Waals surface area contributed by atoms with Crippen LogP contribution in [0, 0.1) is 27.7 Å². The van der Waals surface area contributed by atoms with Crippen molar-refractivity contribution in [2.45, 2.75) is 38.7 Å². The first kappa shape index (κ1) is 22.7. The molecule has 2 aromatic carbocycles. The zero-order valence-corrected chi connectivity index (χ0v) is 19.1. The monoisotopic (exact) mass is 433 g/mol. The molecule has 2 N–H and O–H groups in total. The Morgan fingerprint density at radius 1 is 1.03 bits per heavy atom. The molecule has 1 aliphatic heterocycles. The Bertz CT molecular complexity index is 942. The second kappa shape index (κ2) is 9.47. The van der Waals surface area contributed by atoms with Gasteiger partial charge in [0.2, 0.25) is 10.0 Å². The maximum absolute atomic E-state index is 13.4. The lowest BCUT2D eigenvalue weighted by Crippen LogP contribution is -3.15. The molecule has 0 bridgehead atoms. The van der Waals surface area contributed by atoms with E-state index >= 15 is 0 Å². The number of quaternary nitrogens is 1. The smallest absolute Gasteiger partial charge is 0.244 e. The standard InChI is InChI=1S/C23H32N2O4S/c1-17-14-18(2)20(4)23(19(17)3)30(27,28)25-12-10-24(11-13-25)15-21(26)16-29-22-8-6-5-7-9-22/h5-9,14,21,26H,10-13,15-16H2,1-4H3/p+1/t21-/m0/s1. The van der Waals surface area contributed by atoms with E-state index in [2.05, 4.69) is 0 Å². The van der Waals surface area contributed by atoms with Crippen molar-refractivity contribution in [3.63, 3.8) is 0 Å². The predicted octanol–water partition coefficient (Wildman–Crippen LogP) is 1.25. The highest BCUT2D eigenvalue weighted by Crippen LogP contribution is 2.28. The zero-order valence-electron chi connectivity index (χ0n) is 18.3. The van der Waals surface area contributed by atoms with Gasteiger partial charge in [0.05, 0.1) is 31.1 Å². The summed E-state index contributed by atoms with van der Waals surface area (Å²) in [6.45, 7) is 10.7. The molecule has 0 aliphatic carbocycles. The van der Waals surface area contributed by atoms with Crippen LogP contribution in [0.5, 0.6) is 5.75 Å². The Balaban J connectivity index is 1.59. The van der Waals surface area contributed by atoms with Crippen LogP contribution >= 0.6 is 0 Å². The van der Waals surface area contributed by atoms with E-state index in [0.29, 0.717) is 37.6 Å². The van der Waals surface area contributed by atoms with Crippen molar-refractivity contribution < 1.29 is 23.2 Å². The van der Waals surface area contributed by atoms with Crippen LogP contribution in [-0.4, -0.2) is 63.3 Å². The van der Waals surface area contributed by atoms with Crippen molar-refractivity contribution in [1.82, 2.24) is 4.31 Å². The van der Waals surface area contributed by atoms with E-state index in [1.54, 1.807) is 4.31 Å². The topological polar surface area (TPSA) is 71.3 Å². The summed E-state index contributed by atoms with van der Waals surface area (Å²) in [5, 5.41) is 10.3. The van der Waals surface area contributed by atoms with Crippen molar-refractivity contribution in [1.29, 1.82) is 0 Å². The molecule has 7 heteroatoms. The second-order valence-corrected chi connectivity index (χ2v) is 10.1. The number of nitrogens with one attached hydrogen (secondary N) is 1. The van der Waals surface area contributed by atoms with Gasteiger partial charge < -0.3 is 14.7 Å². The lowest BCUT2D eigenvalue weighted by molar-refractivity contribution is -0.906. The van der Waals surface area contributed by atoms with Gasteiger partial charge in [-0.2, -0.15) is 4.31 Å². The number of sulfonamides is 1. The molecule has 0 spiro atoms. The number of rotatable bonds is 7. The molecule has 1 saturated heterocycles. The third-order valence-corrected chi connectivity index (χ3v) is 8.21. The van der Waals surface area contributed by atoms with Gasteiger partial charge in [-0.25, -0.2) is 8.42 Å². The Labute approximate surface area is 180 Å². The lowest BCUT2D eigenvalue weighted by Gasteiger charge is -2.33. The number of aliphatic hydroxyl groups excluding tert-OH is 1. The van der Waals surface area contributed by atoms with E-state index in [0.717, 1.165) is 28.0 Å². The summed E-state index contributed by atoms with van der Waals surface area (Å²) in [6.07, 6.45) is -0.590. The van der Waals surface area contributed by atoms with E-state index in [-0.39, 0.29) is 6.61 Å². The molecule has 0 radical (unpaired) electrons. The third kappa shape index (κ3) is 5.03. The number of para-hydroxylation sites is 1. The SMILES string of the molecule is Cc1cc(C)c(C)c(S(=O)(=O)N2CC[NH+](C[C@H](O)COc3ccccc3)CC2)c1C. The first-order valence-electron chi connectivity index (χ1n) is 10.5. The number of hydrogen-bond donors (Lipinski definition) is 2. The van der Waals surface area contributed by atoms with Crippen LogP contribution in [0.3, 0.4) is 0 Å². The summed E-state index contributed by atoms with van der Waals surface area (Å²) in [5.74, 6) is 0.738. The number of piperazine rings is 1. The molecule has 1 atom stereocenters. The maximum Gasteiger partial charge on any atom is 0.244 e. The molecule has 1 aliphatic rings. The second-order valence-electron chi connectivity index (χ2n) is 8.23. The molecule has 0 unspecified atom stereocenters. The minimum Gasteiger partial charge on any atom is -0.491 e. The number of benzene rings is 2. The van der Waals surface area contributed by atoms with Crippen molar-refractivity contribution in [2.24, 2.45) is 0 Å². The van der Waals surface area contributed by atoms with Crippen molar-refractivity contribution in [2.75, 3.05) is 39.3 Å². The molecule has 2 aromatic rings. The van der Waals surface area contributed by atoms with Crippen molar-refractivity contribution in [3.8, 4) is 5.75 Å². The van der Waals surface area contributed by atoms with E-state index in [4.69, 9.17) is 4.74 Å². The molecule has 0 aromatic heterocycles. The zero-order chi connectivity index (χ0) is 21.9. The number of hydrogen-bond acceptors (Lipinski definition) is 4. The van der Waals surface area contributed by atoms with Gasteiger partial charge in [-0.1, -0.05) is 24.3 Å². The molecule has 1 heterocycles. The molecular weight excluding hydrogens is 400 g/mol. The Hall–Kier alpha value is -1.93. The van der Waals surface area contributed by atoms with E-state index in [1.165, 1.54) is 4.90 Å². The fourth-order valence-corrected chi connectivity index (χ4v) is 6.06. The number of aliphatic hydroxyl groups is 1. The van der Waals surface area contributed by atoms with Crippen LogP contribution in [0.2, 0.25) is 0 Å². The van der Waals surface area contributed by atoms with Crippen molar-refractivity contribution >= 4 is 10.0 Å². The summed E-state index contributed by atoms with van der Waals surface area (Å²) >= 11 is 0. The fourth-order valence-electron chi connectivity index (χ4n) is 4.04. The molecular formula is C23H33N2O4S+. The van der Waals surface area contributed by atoms with Gasteiger partial charge in [0.15, 0.2) is 0 Å². The lowest BCUT2D eigenvalue weighted by atomic mass is 10.0. The average molecular weight is 434 g/mol. The molecule has 6 nitrogen and oxygen atoms in total. The first-order valence-corrected chi connectivity index (χ1v) is 11.9. The van der Waals surface area contributed by atoms with Crippen LogP contribution in [0.15, 0.2) is 41.3 Å². The summed E-state index contributed by atoms with van der Waals surface area (Å²) in [4.78, 5) is 1.65. The molecule has 1 fully saturated rings. The summed E-state index contributed by atoms with van der Waals surface area (Å²) in [6, 6.07) is 11.5. The van der Waals surface area contributed by atoms with Gasteiger partial charge >= 0.3 is 0 Å². The molecule has 3 rings (SSSR count). The predicted molar refractivity (Wildman–Crippen MR) is 118 cm³/mol. The molecule has 30 heavy (non-hydrogen) atoms. The van der Waals surface area contributed by atoms with E-state index < -0.39 is 16.1 Å². The Kier molecular flexibility index (Phi) is 7.18. The van der Waals surface area contributed by atoms with Crippen LogP contribution in [0.25, 0.3) is 0 Å². The number of nitrogens with zero attached hydrogens (tertiary/aromatic N) is 1. The van der Waals surface area contributed by atoms with Crippen molar-refractivity contribution in [3.05, 3.63) is 58.7 Å². The summed E-state index contributed by atoms with van der Waals surface area (Å²) < 4.78 is 34.0. The van der Waals surface area contributed by atoms with Gasteiger partial charge in [-0.05, 0) is 62.1 Å². The molecule has 0 saturated carbocycles. The van der Waals surface area contributed by atoms with Gasteiger partial charge in [0.25, 0.3) is 0 Å². The normalized spacial score (nSPS) is 17.1. The third-order valence-electron chi connectivity index (χ3n) is 6.03. The van der Waals surface area contributed by atoms with Gasteiger partial charge in [-0.15, -0.1) is 0 Å². The summed E-state index contributed by atoms with van der Waals surface area (Å²) in [7, 11) is -3.53. The minimum absolute atomic E-state index is 0.233. The number of ether oxygens (including phenoxy) is 1. The van der Waals surface area contributed by atoms with E-state index in [1.807, 2.05) is 64.1 Å². The highest BCUT2D eigenvalue weighted by atomic mass is 32.2. The largest absolute Gasteiger partial charge is 0.491 e. The minimum atomic E-state index is -3.53. The maximum atomic E-state index is 13.4. The molecule has 164 valence electrons. The van der Waals surface area contributed by atoms with Gasteiger partial charge in [0, 0.05) is 0 Å². The van der Waals surface area contributed by atoms with E-state index in [9.17, 15) is 13.5 Å². The Morgan fingerprint density at radius 2 is 1.60 bits per heavy atom. The summed E-state index contributed by atoms with van der Waals surface area (Å²) in [5.41, 5.74) is 3.67. The number of aryl methyl sites for hydroxylation is 2. The van der Waals surface area contributed by atoms with Crippen LogP contribution in [0.4, 0.5) is 0 Å². The van der Waals surface area contributed by atoms with Crippen LogP contribution in [-0.2, 0) is 10.0 Å². The molecule has 0 amide bonds. The van der Waals surface area contributed by atoms with Gasteiger partial charge in [0.1, 0.15) is 25.0 Å². The average Bonchev–Trinajstić information content (AvgIpc) is 2.72. The highest BCUT2D eigenvalue weighted by Gasteiger charge is 2.33. The fraction of sp³-hybridized carbons (Fsp3) is 0.478. The van der Waals surface area contributed by atoms with Crippen LogP contribution < -0.4 is 9.64 Å². The quantitative estimate of drug-likeness (QED) is 0.690. The Morgan fingerprint density at radius 3 is 2.17 bits per heavy atom.